The molecule has 0 bridgehead atoms. The topological polar surface area (TPSA) is 36.7 Å². The molecule has 24 heavy (non-hydrogen) atoms. The Labute approximate surface area is 142 Å². The zero-order valence-corrected chi connectivity index (χ0v) is 14.5. The second-order valence-electron chi connectivity index (χ2n) is 6.60. The minimum Gasteiger partial charge on any atom is -0.354 e. The van der Waals surface area contributed by atoms with Crippen LogP contribution in [0, 0.1) is 13.8 Å². The van der Waals surface area contributed by atoms with Gasteiger partial charge in [0, 0.05) is 43.0 Å². The Morgan fingerprint density at radius 3 is 2.38 bits per heavy atom. The van der Waals surface area contributed by atoms with E-state index < -0.39 is 0 Å². The second kappa shape index (κ2) is 5.91. The Bertz CT molecular complexity index is 860. The molecule has 5 heteroatoms. The summed E-state index contributed by atoms with van der Waals surface area (Å²) in [5.41, 5.74) is 5.49. The van der Waals surface area contributed by atoms with E-state index in [0.29, 0.717) is 0 Å². The van der Waals surface area contributed by atoms with Crippen LogP contribution < -0.4 is 4.90 Å². The van der Waals surface area contributed by atoms with Gasteiger partial charge in [-0.25, -0.2) is 4.98 Å². The van der Waals surface area contributed by atoms with Crippen molar-refractivity contribution in [2.24, 2.45) is 0 Å². The maximum absolute atomic E-state index is 4.85. The molecule has 1 saturated heterocycles. The molecule has 5 nitrogen and oxygen atoms in total. The van der Waals surface area contributed by atoms with Crippen molar-refractivity contribution in [2.75, 3.05) is 38.1 Å². The molecule has 1 fully saturated rings. The van der Waals surface area contributed by atoms with E-state index in [-0.39, 0.29) is 0 Å². The molecule has 1 aromatic carbocycles. The third-order valence-corrected chi connectivity index (χ3v) is 4.98. The minimum absolute atomic E-state index is 0.943. The number of rotatable bonds is 2. The highest BCUT2D eigenvalue weighted by Gasteiger charge is 2.22. The molecule has 0 aliphatic carbocycles. The number of piperazine rings is 1. The molecular weight excluding hydrogens is 298 g/mol. The molecule has 0 N–H and O–H groups in total. The monoisotopic (exact) mass is 321 g/mol. The summed E-state index contributed by atoms with van der Waals surface area (Å²) in [7, 11) is 2.18. The van der Waals surface area contributed by atoms with Crippen molar-refractivity contribution >= 4 is 11.5 Å². The Morgan fingerprint density at radius 2 is 1.67 bits per heavy atom. The van der Waals surface area contributed by atoms with Crippen LogP contribution in [0.1, 0.15) is 11.3 Å². The number of fused-ring (bicyclic) bond motifs is 1. The van der Waals surface area contributed by atoms with Gasteiger partial charge in [-0.1, -0.05) is 30.3 Å². The van der Waals surface area contributed by atoms with Gasteiger partial charge in [0.25, 0.3) is 0 Å². The fourth-order valence-electron chi connectivity index (χ4n) is 3.38. The van der Waals surface area contributed by atoms with Crippen LogP contribution in [0.5, 0.6) is 0 Å². The molecule has 124 valence electrons. The standard InChI is InChI=1S/C19H23N5/c1-14-15(2)21-18-17(16-7-5-4-6-8-16)13-20-24(18)19(14)23-11-9-22(3)10-12-23/h4-8,13H,9-12H2,1-3H3. The van der Waals surface area contributed by atoms with E-state index in [4.69, 9.17) is 10.1 Å². The van der Waals surface area contributed by atoms with Crippen molar-refractivity contribution in [3.05, 3.63) is 47.8 Å². The summed E-state index contributed by atoms with van der Waals surface area (Å²) in [6, 6.07) is 10.4. The molecule has 3 aromatic rings. The van der Waals surface area contributed by atoms with Crippen LogP contribution in [0.3, 0.4) is 0 Å². The van der Waals surface area contributed by atoms with Gasteiger partial charge in [0.1, 0.15) is 5.82 Å². The van der Waals surface area contributed by atoms with Crippen LogP contribution in [0.2, 0.25) is 0 Å². The highest BCUT2D eigenvalue weighted by atomic mass is 15.4. The molecular formula is C19H23N5. The Morgan fingerprint density at radius 1 is 0.958 bits per heavy atom. The number of likely N-dealkylation sites (N-methyl/N-ethyl adjacent to an activating group) is 1. The summed E-state index contributed by atoms with van der Waals surface area (Å²) < 4.78 is 2.02. The van der Waals surface area contributed by atoms with Crippen molar-refractivity contribution in [3.63, 3.8) is 0 Å². The van der Waals surface area contributed by atoms with Gasteiger partial charge >= 0.3 is 0 Å². The zero-order chi connectivity index (χ0) is 16.7. The third kappa shape index (κ3) is 2.45. The van der Waals surface area contributed by atoms with Gasteiger partial charge in [-0.3, -0.25) is 0 Å². The molecule has 0 radical (unpaired) electrons. The van der Waals surface area contributed by atoms with E-state index in [0.717, 1.165) is 48.6 Å². The highest BCUT2D eigenvalue weighted by molar-refractivity contribution is 5.78. The summed E-state index contributed by atoms with van der Waals surface area (Å²) in [5, 5.41) is 4.69. The van der Waals surface area contributed by atoms with Crippen molar-refractivity contribution in [1.82, 2.24) is 19.5 Å². The van der Waals surface area contributed by atoms with Crippen LogP contribution in [0.25, 0.3) is 16.8 Å². The van der Waals surface area contributed by atoms with E-state index in [1.807, 2.05) is 16.8 Å². The summed E-state index contributed by atoms with van der Waals surface area (Å²) >= 11 is 0. The molecule has 1 aliphatic heterocycles. The van der Waals surface area contributed by atoms with Crippen LogP contribution in [0.15, 0.2) is 36.5 Å². The van der Waals surface area contributed by atoms with Gasteiger partial charge in [-0.15, -0.1) is 0 Å². The zero-order valence-electron chi connectivity index (χ0n) is 14.5. The van der Waals surface area contributed by atoms with Crippen molar-refractivity contribution in [1.29, 1.82) is 0 Å². The van der Waals surface area contributed by atoms with Gasteiger partial charge in [-0.2, -0.15) is 9.61 Å². The van der Waals surface area contributed by atoms with Crippen LogP contribution in [-0.4, -0.2) is 52.7 Å². The first-order valence-electron chi connectivity index (χ1n) is 8.49. The molecule has 2 aromatic heterocycles. The average molecular weight is 321 g/mol. The molecule has 1 aliphatic rings. The van der Waals surface area contributed by atoms with Gasteiger partial charge in [0.2, 0.25) is 0 Å². The number of aryl methyl sites for hydroxylation is 1. The first-order chi connectivity index (χ1) is 11.6. The number of benzene rings is 1. The molecule has 0 saturated carbocycles. The van der Waals surface area contributed by atoms with Gasteiger partial charge in [0.05, 0.1) is 6.20 Å². The smallest absolute Gasteiger partial charge is 0.165 e. The lowest BCUT2D eigenvalue weighted by atomic mass is 10.1. The van der Waals surface area contributed by atoms with Crippen LogP contribution in [-0.2, 0) is 0 Å². The summed E-state index contributed by atoms with van der Waals surface area (Å²) in [6.07, 6.45) is 1.94. The highest BCUT2D eigenvalue weighted by Crippen LogP contribution is 2.29. The number of aromatic nitrogens is 3. The molecule has 0 amide bonds. The summed E-state index contributed by atoms with van der Waals surface area (Å²) in [5.74, 6) is 1.19. The number of hydrogen-bond acceptors (Lipinski definition) is 4. The Hall–Kier alpha value is -2.40. The second-order valence-corrected chi connectivity index (χ2v) is 6.60. The maximum atomic E-state index is 4.85. The first-order valence-corrected chi connectivity index (χ1v) is 8.49. The van der Waals surface area contributed by atoms with Gasteiger partial charge < -0.3 is 9.80 Å². The SMILES string of the molecule is Cc1nc2c(-c3ccccc3)cnn2c(N2CCN(C)CC2)c1C. The predicted molar refractivity (Wildman–Crippen MR) is 97.6 cm³/mol. The molecule has 0 spiro atoms. The fraction of sp³-hybridized carbons (Fsp3) is 0.368. The Kier molecular flexibility index (Phi) is 3.73. The average Bonchev–Trinajstić information content (AvgIpc) is 3.01. The van der Waals surface area contributed by atoms with E-state index in [1.165, 1.54) is 11.4 Å². The lowest BCUT2D eigenvalue weighted by Crippen LogP contribution is -2.45. The van der Waals surface area contributed by atoms with E-state index >= 15 is 0 Å². The van der Waals surface area contributed by atoms with Crippen molar-refractivity contribution < 1.29 is 0 Å². The minimum atomic E-state index is 0.943. The molecule has 0 unspecified atom stereocenters. The Balaban J connectivity index is 1.88. The lowest BCUT2D eigenvalue weighted by Gasteiger charge is -2.35. The number of anilines is 1. The van der Waals surface area contributed by atoms with Crippen molar-refractivity contribution in [2.45, 2.75) is 13.8 Å². The molecule has 3 heterocycles. The van der Waals surface area contributed by atoms with Crippen molar-refractivity contribution in [3.8, 4) is 11.1 Å². The number of nitrogens with zero attached hydrogens (tertiary/aromatic N) is 5. The number of hydrogen-bond donors (Lipinski definition) is 0. The third-order valence-electron chi connectivity index (χ3n) is 4.98. The fourth-order valence-corrected chi connectivity index (χ4v) is 3.38. The predicted octanol–water partition coefficient (Wildman–Crippen LogP) is 2.76. The largest absolute Gasteiger partial charge is 0.354 e. The molecule has 0 atom stereocenters. The normalized spacial score (nSPS) is 16.0. The molecule has 4 rings (SSSR count). The summed E-state index contributed by atoms with van der Waals surface area (Å²) in [4.78, 5) is 9.66. The van der Waals surface area contributed by atoms with Crippen LogP contribution in [0.4, 0.5) is 5.82 Å². The van der Waals surface area contributed by atoms with E-state index in [2.05, 4.69) is 55.0 Å². The summed E-state index contributed by atoms with van der Waals surface area (Å²) in [6.45, 7) is 8.45. The lowest BCUT2D eigenvalue weighted by molar-refractivity contribution is 0.311. The van der Waals surface area contributed by atoms with Crippen LogP contribution >= 0.6 is 0 Å². The van der Waals surface area contributed by atoms with E-state index in [9.17, 15) is 0 Å². The van der Waals surface area contributed by atoms with Gasteiger partial charge in [0.15, 0.2) is 5.65 Å². The maximum Gasteiger partial charge on any atom is 0.165 e. The van der Waals surface area contributed by atoms with E-state index in [1.54, 1.807) is 0 Å². The quantitative estimate of drug-likeness (QED) is 0.727. The van der Waals surface area contributed by atoms with Gasteiger partial charge in [-0.05, 0) is 26.5 Å². The first kappa shape index (κ1) is 15.1.